The van der Waals surface area contributed by atoms with Gasteiger partial charge in [-0.15, -0.1) is 23.5 Å². The zero-order valence-corrected chi connectivity index (χ0v) is 18.0. The second-order valence-corrected chi connectivity index (χ2v) is 10.9. The first kappa shape index (κ1) is 21.0. The molecule has 0 aromatic rings. The Balaban J connectivity index is 0.000000161. The first-order valence-corrected chi connectivity index (χ1v) is 10.9. The van der Waals surface area contributed by atoms with Gasteiger partial charge in [-0.3, -0.25) is 14.5 Å². The summed E-state index contributed by atoms with van der Waals surface area (Å²) in [5, 5.41) is 18.1. The monoisotopic (exact) mass is 428 g/mol. The number of amides is 2. The van der Waals surface area contributed by atoms with Gasteiger partial charge in [0.05, 0.1) is 22.6 Å². The van der Waals surface area contributed by atoms with Gasteiger partial charge in [0.25, 0.3) is 0 Å². The van der Waals surface area contributed by atoms with Crippen LogP contribution < -0.4 is 0 Å². The van der Waals surface area contributed by atoms with Crippen LogP contribution in [0.25, 0.3) is 0 Å². The van der Waals surface area contributed by atoms with Gasteiger partial charge < -0.3 is 15.1 Å². The van der Waals surface area contributed by atoms with Crippen LogP contribution >= 0.6 is 23.5 Å². The number of aliphatic carboxylic acids is 2. The summed E-state index contributed by atoms with van der Waals surface area (Å²) in [6, 6.07) is -0.666. The average molecular weight is 429 g/mol. The Bertz CT molecular complexity index is 795. The Hall–Kier alpha value is -1.68. The molecule has 0 bridgehead atoms. The fraction of sp³-hybridized carbons (Fsp3) is 0.667. The molecule has 2 N–H and O–H groups in total. The number of carbonyl (C=O) groups is 4. The van der Waals surface area contributed by atoms with Gasteiger partial charge >= 0.3 is 11.9 Å². The van der Waals surface area contributed by atoms with Crippen molar-refractivity contribution in [3.05, 3.63) is 11.3 Å². The molecule has 4 aliphatic rings. The molecule has 3 fully saturated rings. The third-order valence-corrected chi connectivity index (χ3v) is 8.84. The van der Waals surface area contributed by atoms with Gasteiger partial charge in [-0.25, -0.2) is 9.59 Å². The van der Waals surface area contributed by atoms with E-state index in [2.05, 4.69) is 0 Å². The number of carboxylic acid groups (broad SMARTS) is 2. The molecule has 154 valence electrons. The first-order chi connectivity index (χ1) is 12.9. The van der Waals surface area contributed by atoms with Crippen molar-refractivity contribution in [1.29, 1.82) is 0 Å². The maximum absolute atomic E-state index is 11.5. The van der Waals surface area contributed by atoms with E-state index < -0.39 is 18.0 Å². The van der Waals surface area contributed by atoms with E-state index in [1.165, 1.54) is 9.80 Å². The minimum atomic E-state index is -0.993. The molecule has 4 rings (SSSR count). The lowest BCUT2D eigenvalue weighted by Gasteiger charge is -2.48. The van der Waals surface area contributed by atoms with Gasteiger partial charge in [0.1, 0.15) is 11.7 Å². The highest BCUT2D eigenvalue weighted by atomic mass is 32.2. The smallest absolute Gasteiger partial charge is 0.352 e. The molecular formula is C18H24N2O6S2. The largest absolute Gasteiger partial charge is 0.480 e. The summed E-state index contributed by atoms with van der Waals surface area (Å²) in [5.41, 5.74) is 0.968. The van der Waals surface area contributed by atoms with Crippen molar-refractivity contribution in [3.63, 3.8) is 0 Å². The van der Waals surface area contributed by atoms with Gasteiger partial charge in [0.15, 0.2) is 0 Å². The van der Waals surface area contributed by atoms with Crippen molar-refractivity contribution in [2.45, 2.75) is 56.2 Å². The predicted molar refractivity (Wildman–Crippen MR) is 105 cm³/mol. The lowest BCUT2D eigenvalue weighted by Crippen LogP contribution is -2.61. The molecule has 0 aromatic carbocycles. The molecule has 0 spiro atoms. The molecule has 3 saturated heterocycles. The van der Waals surface area contributed by atoms with Crippen LogP contribution in [0.15, 0.2) is 11.3 Å². The summed E-state index contributed by atoms with van der Waals surface area (Å²) in [5.74, 6) is -1.34. The molecule has 5 unspecified atom stereocenters. The fourth-order valence-corrected chi connectivity index (χ4v) is 6.98. The Morgan fingerprint density at radius 1 is 1.07 bits per heavy atom. The number of hydrogen-bond acceptors (Lipinski definition) is 6. The van der Waals surface area contributed by atoms with E-state index in [4.69, 9.17) is 10.2 Å². The molecule has 0 radical (unpaired) electrons. The van der Waals surface area contributed by atoms with E-state index in [-0.39, 0.29) is 44.8 Å². The zero-order valence-electron chi connectivity index (χ0n) is 16.3. The summed E-state index contributed by atoms with van der Waals surface area (Å²) < 4.78 is -0.378. The minimum absolute atomic E-state index is 0.0244. The van der Waals surface area contributed by atoms with Crippen LogP contribution in [-0.4, -0.2) is 71.1 Å². The van der Waals surface area contributed by atoms with E-state index in [9.17, 15) is 19.2 Å². The van der Waals surface area contributed by atoms with Gasteiger partial charge in [-0.2, -0.15) is 0 Å². The Morgan fingerprint density at radius 3 is 2.18 bits per heavy atom. The Labute approximate surface area is 171 Å². The van der Waals surface area contributed by atoms with Crippen LogP contribution in [0.3, 0.4) is 0 Å². The number of fused-ring (bicyclic) bond motifs is 2. The molecule has 10 heteroatoms. The molecule has 8 nitrogen and oxygen atoms in total. The number of rotatable bonds is 2. The van der Waals surface area contributed by atoms with E-state index in [0.717, 1.165) is 5.57 Å². The molecule has 4 heterocycles. The Kier molecular flexibility index (Phi) is 5.24. The van der Waals surface area contributed by atoms with Crippen molar-refractivity contribution < 1.29 is 29.4 Å². The molecule has 0 aliphatic carbocycles. The normalized spacial score (nSPS) is 35.2. The molecule has 0 aromatic heterocycles. The highest BCUT2D eigenvalue weighted by Gasteiger charge is 2.62. The summed E-state index contributed by atoms with van der Waals surface area (Å²) in [4.78, 5) is 47.9. The van der Waals surface area contributed by atoms with Gasteiger partial charge in [-0.1, -0.05) is 13.8 Å². The lowest BCUT2D eigenvalue weighted by molar-refractivity contribution is -0.162. The topological polar surface area (TPSA) is 115 Å². The van der Waals surface area contributed by atoms with Crippen molar-refractivity contribution in [3.8, 4) is 0 Å². The van der Waals surface area contributed by atoms with Gasteiger partial charge in [-0.05, 0) is 26.3 Å². The second kappa shape index (κ2) is 6.98. The summed E-state index contributed by atoms with van der Waals surface area (Å²) >= 11 is 3.23. The van der Waals surface area contributed by atoms with Crippen LogP contribution in [0, 0.1) is 11.8 Å². The SMILES string of the molecule is CC1=C(C(=O)O)N2C(=O)C(C)C2SC1.CC1C(=O)N2C1SC(C)(C)C2C(=O)O. The van der Waals surface area contributed by atoms with E-state index in [0.29, 0.717) is 5.75 Å². The van der Waals surface area contributed by atoms with E-state index in [1.807, 2.05) is 27.7 Å². The van der Waals surface area contributed by atoms with Crippen molar-refractivity contribution in [2.75, 3.05) is 5.75 Å². The zero-order chi connectivity index (χ0) is 21.1. The summed E-state index contributed by atoms with van der Waals surface area (Å²) in [7, 11) is 0. The predicted octanol–water partition coefficient (Wildman–Crippen LogP) is 1.67. The number of thioether (sulfide) groups is 2. The number of hydrogen-bond donors (Lipinski definition) is 2. The van der Waals surface area contributed by atoms with Crippen LogP contribution in [0.4, 0.5) is 0 Å². The highest BCUT2D eigenvalue weighted by Crippen LogP contribution is 2.52. The second-order valence-electron chi connectivity index (χ2n) is 8.02. The van der Waals surface area contributed by atoms with Crippen LogP contribution in [-0.2, 0) is 19.2 Å². The third kappa shape index (κ3) is 3.01. The Morgan fingerprint density at radius 2 is 1.64 bits per heavy atom. The van der Waals surface area contributed by atoms with E-state index >= 15 is 0 Å². The maximum Gasteiger partial charge on any atom is 0.352 e. The molecule has 2 amide bonds. The minimum Gasteiger partial charge on any atom is -0.480 e. The quantitative estimate of drug-likeness (QED) is 0.638. The van der Waals surface area contributed by atoms with Crippen molar-refractivity contribution in [1.82, 2.24) is 9.80 Å². The van der Waals surface area contributed by atoms with E-state index in [1.54, 1.807) is 30.4 Å². The highest BCUT2D eigenvalue weighted by molar-refractivity contribution is 8.01. The fourth-order valence-electron chi connectivity index (χ4n) is 4.04. The number of β-lactam (4-membered cyclic amide) rings is 2. The molecule has 5 atom stereocenters. The van der Waals surface area contributed by atoms with Gasteiger partial charge in [0, 0.05) is 10.5 Å². The van der Waals surface area contributed by atoms with Crippen LogP contribution in [0.1, 0.15) is 34.6 Å². The first-order valence-electron chi connectivity index (χ1n) is 9.00. The summed E-state index contributed by atoms with van der Waals surface area (Å²) in [6.45, 7) is 9.24. The molecule has 4 aliphatic heterocycles. The molecular weight excluding hydrogens is 404 g/mol. The summed E-state index contributed by atoms with van der Waals surface area (Å²) in [6.07, 6.45) is 0. The molecule has 0 saturated carbocycles. The average Bonchev–Trinajstić information content (AvgIpc) is 2.89. The van der Waals surface area contributed by atoms with Crippen molar-refractivity contribution >= 4 is 47.3 Å². The lowest BCUT2D eigenvalue weighted by atomic mass is 9.93. The third-order valence-electron chi connectivity index (χ3n) is 5.57. The number of nitrogens with zero attached hydrogens (tertiary/aromatic N) is 2. The number of carboxylic acids is 2. The standard InChI is InChI=1S/C9H13NO3S.C9H11NO3S/c1-4-6(11)10-5(8(12)13)9(2,3)14-7(4)10;1-4-3-14-8-5(2)7(11)10(8)6(4)9(12)13/h4-5,7H,1-3H3,(H,12,13);5,8H,3H2,1-2H3,(H,12,13). The molecule has 28 heavy (non-hydrogen) atoms. The maximum atomic E-state index is 11.5. The van der Waals surface area contributed by atoms with Crippen LogP contribution in [0.5, 0.6) is 0 Å². The van der Waals surface area contributed by atoms with Crippen molar-refractivity contribution in [2.24, 2.45) is 11.8 Å². The van der Waals surface area contributed by atoms with Crippen LogP contribution in [0.2, 0.25) is 0 Å². The number of carbonyl (C=O) groups excluding carboxylic acids is 2. The van der Waals surface area contributed by atoms with Gasteiger partial charge in [0.2, 0.25) is 11.8 Å².